The number of rotatable bonds is 3. The van der Waals surface area contributed by atoms with E-state index >= 15 is 0 Å². The number of phenols is 1. The quantitative estimate of drug-likeness (QED) is 0.810. The van der Waals surface area contributed by atoms with Crippen LogP contribution in [0.25, 0.3) is 0 Å². The van der Waals surface area contributed by atoms with Crippen molar-refractivity contribution in [1.29, 1.82) is 0 Å². The van der Waals surface area contributed by atoms with Gasteiger partial charge < -0.3 is 20.5 Å². The number of anilines is 2. The molecule has 1 aliphatic heterocycles. The van der Waals surface area contributed by atoms with Gasteiger partial charge in [-0.3, -0.25) is 4.79 Å². The van der Waals surface area contributed by atoms with Gasteiger partial charge in [0.15, 0.2) is 0 Å². The van der Waals surface area contributed by atoms with Crippen LogP contribution in [-0.4, -0.2) is 17.6 Å². The van der Waals surface area contributed by atoms with Crippen molar-refractivity contribution in [2.45, 2.75) is 13.0 Å². The van der Waals surface area contributed by atoms with E-state index in [0.717, 1.165) is 16.9 Å². The first kappa shape index (κ1) is 13.3. The number of ether oxygens (including phenoxy) is 1. The average molecular weight is 284 g/mol. The zero-order valence-corrected chi connectivity index (χ0v) is 11.6. The van der Waals surface area contributed by atoms with Gasteiger partial charge in [-0.2, -0.15) is 0 Å². The highest BCUT2D eigenvalue weighted by atomic mass is 16.5. The molecule has 1 aliphatic rings. The van der Waals surface area contributed by atoms with E-state index in [0.29, 0.717) is 12.4 Å². The Morgan fingerprint density at radius 3 is 2.86 bits per heavy atom. The molecule has 0 aliphatic carbocycles. The fourth-order valence-electron chi connectivity index (χ4n) is 2.41. The zero-order chi connectivity index (χ0) is 14.8. The van der Waals surface area contributed by atoms with E-state index in [1.165, 1.54) is 6.92 Å². The van der Waals surface area contributed by atoms with E-state index < -0.39 is 0 Å². The van der Waals surface area contributed by atoms with Crippen molar-refractivity contribution in [3.8, 4) is 11.5 Å². The Labute approximate surface area is 122 Å². The topological polar surface area (TPSA) is 70.6 Å². The third kappa shape index (κ3) is 2.91. The number of aromatic hydroxyl groups is 1. The smallest absolute Gasteiger partial charge is 0.221 e. The van der Waals surface area contributed by atoms with Crippen LogP contribution in [-0.2, 0) is 4.79 Å². The fraction of sp³-hybridized carbons (Fsp3) is 0.188. The van der Waals surface area contributed by atoms with Gasteiger partial charge in [0, 0.05) is 29.9 Å². The Balaban J connectivity index is 1.78. The number of fused-ring (bicyclic) bond motifs is 1. The summed E-state index contributed by atoms with van der Waals surface area (Å²) in [5.74, 6) is 0.796. The van der Waals surface area contributed by atoms with Crippen LogP contribution in [0.2, 0.25) is 0 Å². The Morgan fingerprint density at radius 2 is 2.05 bits per heavy atom. The van der Waals surface area contributed by atoms with Crippen LogP contribution < -0.4 is 15.4 Å². The van der Waals surface area contributed by atoms with Crippen LogP contribution in [0.4, 0.5) is 11.4 Å². The Hall–Kier alpha value is -2.69. The first-order chi connectivity index (χ1) is 10.1. The first-order valence-electron chi connectivity index (χ1n) is 6.72. The summed E-state index contributed by atoms with van der Waals surface area (Å²) in [5.41, 5.74) is 2.66. The second kappa shape index (κ2) is 5.36. The molecule has 1 amide bonds. The summed E-state index contributed by atoms with van der Waals surface area (Å²) >= 11 is 0. The predicted octanol–water partition coefficient (Wildman–Crippen LogP) is 2.90. The van der Waals surface area contributed by atoms with Gasteiger partial charge in [0.05, 0.1) is 6.04 Å². The first-order valence-corrected chi connectivity index (χ1v) is 6.72. The number of benzene rings is 2. The van der Waals surface area contributed by atoms with Crippen molar-refractivity contribution in [2.24, 2.45) is 0 Å². The SMILES string of the molecule is CC(=O)Nc1cccc(NC2COc3cc(O)ccc32)c1. The second-order valence-electron chi connectivity index (χ2n) is 4.99. The van der Waals surface area contributed by atoms with E-state index in [1.807, 2.05) is 30.3 Å². The molecule has 2 aromatic rings. The van der Waals surface area contributed by atoms with Gasteiger partial charge in [0.2, 0.25) is 5.91 Å². The summed E-state index contributed by atoms with van der Waals surface area (Å²) in [6.07, 6.45) is 0. The molecular formula is C16H16N2O3. The lowest BCUT2D eigenvalue weighted by Gasteiger charge is -2.14. The molecular weight excluding hydrogens is 268 g/mol. The predicted molar refractivity (Wildman–Crippen MR) is 80.7 cm³/mol. The van der Waals surface area contributed by atoms with Gasteiger partial charge >= 0.3 is 0 Å². The maximum absolute atomic E-state index is 11.1. The van der Waals surface area contributed by atoms with E-state index in [9.17, 15) is 9.90 Å². The van der Waals surface area contributed by atoms with Crippen LogP contribution in [0.1, 0.15) is 18.5 Å². The van der Waals surface area contributed by atoms with Crippen LogP contribution in [0.5, 0.6) is 11.5 Å². The van der Waals surface area contributed by atoms with Crippen molar-refractivity contribution in [3.05, 3.63) is 48.0 Å². The molecule has 0 saturated carbocycles. The van der Waals surface area contributed by atoms with Crippen LogP contribution in [0.3, 0.4) is 0 Å². The van der Waals surface area contributed by atoms with Crippen molar-refractivity contribution in [2.75, 3.05) is 17.2 Å². The third-order valence-corrected chi connectivity index (χ3v) is 3.30. The number of carbonyl (C=O) groups excluding carboxylic acids is 1. The van der Waals surface area contributed by atoms with Gasteiger partial charge in [-0.1, -0.05) is 6.07 Å². The molecule has 0 aromatic heterocycles. The molecule has 1 atom stereocenters. The molecule has 2 aromatic carbocycles. The summed E-state index contributed by atoms with van der Waals surface area (Å²) in [4.78, 5) is 11.1. The Morgan fingerprint density at radius 1 is 1.24 bits per heavy atom. The summed E-state index contributed by atoms with van der Waals surface area (Å²) < 4.78 is 5.57. The molecule has 21 heavy (non-hydrogen) atoms. The van der Waals surface area contributed by atoms with Crippen LogP contribution in [0, 0.1) is 0 Å². The summed E-state index contributed by atoms with van der Waals surface area (Å²) in [6.45, 7) is 1.98. The Kier molecular flexibility index (Phi) is 3.39. The molecule has 5 heteroatoms. The van der Waals surface area contributed by atoms with Crippen molar-refractivity contribution in [3.63, 3.8) is 0 Å². The summed E-state index contributed by atoms with van der Waals surface area (Å²) in [6, 6.07) is 12.7. The molecule has 108 valence electrons. The molecule has 0 fully saturated rings. The molecule has 3 rings (SSSR count). The summed E-state index contributed by atoms with van der Waals surface area (Å²) in [7, 11) is 0. The molecule has 1 heterocycles. The second-order valence-corrected chi connectivity index (χ2v) is 4.99. The molecule has 0 bridgehead atoms. The molecule has 0 radical (unpaired) electrons. The number of phenolic OH excluding ortho intramolecular Hbond substituents is 1. The number of hydrogen-bond donors (Lipinski definition) is 3. The van der Waals surface area contributed by atoms with Crippen molar-refractivity contribution >= 4 is 17.3 Å². The minimum absolute atomic E-state index is 0.0215. The molecule has 0 spiro atoms. The summed E-state index contributed by atoms with van der Waals surface area (Å²) in [5, 5.41) is 15.6. The third-order valence-electron chi connectivity index (χ3n) is 3.30. The van der Waals surface area contributed by atoms with Crippen molar-refractivity contribution in [1.82, 2.24) is 0 Å². The number of carbonyl (C=O) groups is 1. The maximum Gasteiger partial charge on any atom is 0.221 e. The average Bonchev–Trinajstić information content (AvgIpc) is 2.80. The molecule has 3 N–H and O–H groups in total. The number of amides is 1. The highest BCUT2D eigenvalue weighted by molar-refractivity contribution is 5.89. The molecule has 1 unspecified atom stereocenters. The van der Waals surface area contributed by atoms with Crippen molar-refractivity contribution < 1.29 is 14.6 Å². The fourth-order valence-corrected chi connectivity index (χ4v) is 2.41. The van der Waals surface area contributed by atoms with Gasteiger partial charge in [-0.15, -0.1) is 0 Å². The van der Waals surface area contributed by atoms with Crippen LogP contribution in [0.15, 0.2) is 42.5 Å². The standard InChI is InChI=1S/C16H16N2O3/c1-10(19)17-11-3-2-4-12(7-11)18-15-9-21-16-8-13(20)5-6-14(15)16/h2-8,15,18,20H,9H2,1H3,(H,17,19). The van der Waals surface area contributed by atoms with Crippen LogP contribution >= 0.6 is 0 Å². The van der Waals surface area contributed by atoms with E-state index in [2.05, 4.69) is 10.6 Å². The van der Waals surface area contributed by atoms with E-state index in [4.69, 9.17) is 4.74 Å². The van der Waals surface area contributed by atoms with E-state index in [-0.39, 0.29) is 17.7 Å². The van der Waals surface area contributed by atoms with Gasteiger partial charge in [0.1, 0.15) is 18.1 Å². The monoisotopic (exact) mass is 284 g/mol. The van der Waals surface area contributed by atoms with Gasteiger partial charge in [0.25, 0.3) is 0 Å². The largest absolute Gasteiger partial charge is 0.508 e. The lowest BCUT2D eigenvalue weighted by molar-refractivity contribution is -0.114. The highest BCUT2D eigenvalue weighted by Crippen LogP contribution is 2.36. The minimum atomic E-state index is -0.0998. The molecule has 5 nitrogen and oxygen atoms in total. The normalized spacial score (nSPS) is 16.0. The Bertz CT molecular complexity index is 685. The maximum atomic E-state index is 11.1. The lowest BCUT2D eigenvalue weighted by atomic mass is 10.1. The lowest BCUT2D eigenvalue weighted by Crippen LogP contribution is -2.12. The van der Waals surface area contributed by atoms with Gasteiger partial charge in [-0.05, 0) is 30.3 Å². The van der Waals surface area contributed by atoms with Gasteiger partial charge in [-0.25, -0.2) is 0 Å². The zero-order valence-electron chi connectivity index (χ0n) is 11.6. The van der Waals surface area contributed by atoms with E-state index in [1.54, 1.807) is 12.1 Å². The number of nitrogens with one attached hydrogen (secondary N) is 2. The highest BCUT2D eigenvalue weighted by Gasteiger charge is 2.24. The minimum Gasteiger partial charge on any atom is -0.508 e. The number of hydrogen-bond acceptors (Lipinski definition) is 4. The molecule has 0 saturated heterocycles.